The maximum Gasteiger partial charge on any atom is 0.162 e. The molecule has 1 aromatic carbocycles. The molecule has 0 N–H and O–H groups in total. The summed E-state index contributed by atoms with van der Waals surface area (Å²) in [5.41, 5.74) is 0.810. The number of rotatable bonds is 2. The van der Waals surface area contributed by atoms with Crippen molar-refractivity contribution < 1.29 is 4.79 Å². The minimum absolute atomic E-state index is 0.209. The highest BCUT2D eigenvalue weighted by Crippen LogP contribution is 2.01. The largest absolute Gasteiger partial charge is 0.294 e. The maximum absolute atomic E-state index is 11.0. The van der Waals surface area contributed by atoms with Crippen LogP contribution >= 0.6 is 0 Å². The van der Waals surface area contributed by atoms with Crippen molar-refractivity contribution in [2.75, 3.05) is 0 Å². The molecule has 1 heterocycles. The first-order chi connectivity index (χ1) is 7.84. The zero-order chi connectivity index (χ0) is 11.6. The molecule has 0 amide bonds. The first-order valence-corrected chi connectivity index (χ1v) is 5.28. The molecule has 0 bridgehead atoms. The second-order valence-electron chi connectivity index (χ2n) is 3.17. The Bertz CT molecular complexity index is 371. The molecule has 0 saturated carbocycles. The number of Topliss-reactive ketones (excluding diaryl/α,β-unsaturated/α-hetero) is 1. The fraction of sp³-hybridized carbons (Fsp3) is 0.143. The van der Waals surface area contributed by atoms with Crippen molar-refractivity contribution in [1.82, 2.24) is 4.98 Å². The van der Waals surface area contributed by atoms with E-state index in [0.29, 0.717) is 6.42 Å². The molecule has 0 aliphatic carbocycles. The summed E-state index contributed by atoms with van der Waals surface area (Å²) in [4.78, 5) is 14.8. The lowest BCUT2D eigenvalue weighted by Crippen LogP contribution is -1.94. The summed E-state index contributed by atoms with van der Waals surface area (Å²) in [5.74, 6) is 0.209. The Labute approximate surface area is 96.0 Å². The molecule has 0 atom stereocenters. The zero-order valence-electron chi connectivity index (χ0n) is 9.34. The average Bonchev–Trinajstić information content (AvgIpc) is 2.41. The van der Waals surface area contributed by atoms with Crippen LogP contribution < -0.4 is 0 Å². The van der Waals surface area contributed by atoms with E-state index in [9.17, 15) is 4.79 Å². The minimum atomic E-state index is 0.209. The number of nitrogens with zero attached hydrogens (tertiary/aromatic N) is 1. The van der Waals surface area contributed by atoms with Gasteiger partial charge in [-0.2, -0.15) is 0 Å². The molecule has 0 fully saturated rings. The number of aromatic nitrogens is 1. The highest BCUT2D eigenvalue weighted by molar-refractivity contribution is 5.95. The third-order valence-electron chi connectivity index (χ3n) is 1.98. The van der Waals surface area contributed by atoms with Crippen LogP contribution in [0.4, 0.5) is 0 Å². The monoisotopic (exact) mass is 213 g/mol. The zero-order valence-corrected chi connectivity index (χ0v) is 9.34. The Hall–Kier alpha value is -1.96. The molecular weight excluding hydrogens is 198 g/mol. The lowest BCUT2D eigenvalue weighted by atomic mass is 10.1. The Morgan fingerprint density at radius 3 is 1.94 bits per heavy atom. The molecule has 0 unspecified atom stereocenters. The summed E-state index contributed by atoms with van der Waals surface area (Å²) < 4.78 is 0. The average molecular weight is 213 g/mol. The van der Waals surface area contributed by atoms with E-state index in [1.807, 2.05) is 55.5 Å². The predicted molar refractivity (Wildman–Crippen MR) is 65.3 cm³/mol. The molecule has 0 aliphatic heterocycles. The molecule has 2 heteroatoms. The molecule has 0 aliphatic rings. The predicted octanol–water partition coefficient (Wildman–Crippen LogP) is 3.36. The number of hydrogen-bond acceptors (Lipinski definition) is 2. The minimum Gasteiger partial charge on any atom is -0.294 e. The molecule has 2 aromatic rings. The van der Waals surface area contributed by atoms with E-state index in [1.165, 1.54) is 0 Å². The number of pyridine rings is 1. The smallest absolute Gasteiger partial charge is 0.162 e. The van der Waals surface area contributed by atoms with E-state index < -0.39 is 0 Å². The van der Waals surface area contributed by atoms with Crippen LogP contribution in [0.25, 0.3) is 0 Å². The van der Waals surface area contributed by atoms with Gasteiger partial charge in [0, 0.05) is 24.4 Å². The molecule has 0 saturated heterocycles. The first kappa shape index (κ1) is 12.1. The summed E-state index contributed by atoms with van der Waals surface area (Å²) in [6.45, 7) is 1.87. The quantitative estimate of drug-likeness (QED) is 0.716. The lowest BCUT2D eigenvalue weighted by molar-refractivity contribution is 0.0988. The van der Waals surface area contributed by atoms with Crippen molar-refractivity contribution in [3.63, 3.8) is 0 Å². The highest BCUT2D eigenvalue weighted by Gasteiger charge is 1.98. The molecular formula is C14H15NO. The van der Waals surface area contributed by atoms with Crippen molar-refractivity contribution in [1.29, 1.82) is 0 Å². The molecule has 0 radical (unpaired) electrons. The third kappa shape index (κ3) is 4.51. The van der Waals surface area contributed by atoms with Crippen LogP contribution in [-0.4, -0.2) is 10.8 Å². The number of hydrogen-bond donors (Lipinski definition) is 0. The van der Waals surface area contributed by atoms with Crippen molar-refractivity contribution in [3.05, 3.63) is 66.5 Å². The van der Waals surface area contributed by atoms with Crippen LogP contribution in [0.3, 0.4) is 0 Å². The summed E-state index contributed by atoms with van der Waals surface area (Å²) in [6.07, 6.45) is 4.09. The van der Waals surface area contributed by atoms with Gasteiger partial charge in [0.15, 0.2) is 5.78 Å². The topological polar surface area (TPSA) is 30.0 Å². The van der Waals surface area contributed by atoms with Gasteiger partial charge in [-0.15, -0.1) is 0 Å². The molecule has 2 rings (SSSR count). The first-order valence-electron chi connectivity index (χ1n) is 5.28. The Morgan fingerprint density at radius 1 is 1.00 bits per heavy atom. The van der Waals surface area contributed by atoms with Gasteiger partial charge in [0.1, 0.15) is 0 Å². The van der Waals surface area contributed by atoms with E-state index in [-0.39, 0.29) is 5.78 Å². The third-order valence-corrected chi connectivity index (χ3v) is 1.98. The van der Waals surface area contributed by atoms with Gasteiger partial charge in [0.05, 0.1) is 0 Å². The van der Waals surface area contributed by atoms with Crippen LogP contribution in [0.5, 0.6) is 0 Å². The highest BCUT2D eigenvalue weighted by atomic mass is 16.1. The van der Waals surface area contributed by atoms with Crippen LogP contribution in [0.15, 0.2) is 60.9 Å². The Kier molecular flexibility index (Phi) is 5.56. The van der Waals surface area contributed by atoms with Gasteiger partial charge in [-0.3, -0.25) is 9.78 Å². The van der Waals surface area contributed by atoms with E-state index in [0.717, 1.165) is 5.56 Å². The molecule has 0 spiro atoms. The molecule has 82 valence electrons. The number of carbonyl (C=O) groups is 1. The van der Waals surface area contributed by atoms with Gasteiger partial charge in [-0.1, -0.05) is 43.3 Å². The molecule has 1 aromatic heterocycles. The van der Waals surface area contributed by atoms with Gasteiger partial charge < -0.3 is 0 Å². The SMILES string of the molecule is CCC(=O)c1ccccc1.c1ccncc1. The van der Waals surface area contributed by atoms with Crippen LogP contribution in [-0.2, 0) is 0 Å². The van der Waals surface area contributed by atoms with E-state index in [4.69, 9.17) is 0 Å². The normalized spacial score (nSPS) is 8.81. The summed E-state index contributed by atoms with van der Waals surface area (Å²) in [5, 5.41) is 0. The standard InChI is InChI=1S/C9H10O.C5H5N/c1-2-9(10)8-6-4-3-5-7-8;1-2-4-6-5-3-1/h3-7H,2H2,1H3;1-5H. The summed E-state index contributed by atoms with van der Waals surface area (Å²) >= 11 is 0. The van der Waals surface area contributed by atoms with Crippen molar-refractivity contribution in [2.24, 2.45) is 0 Å². The van der Waals surface area contributed by atoms with E-state index in [2.05, 4.69) is 4.98 Å². The molecule has 2 nitrogen and oxygen atoms in total. The fourth-order valence-corrected chi connectivity index (χ4v) is 1.14. The van der Waals surface area contributed by atoms with Crippen LogP contribution in [0.1, 0.15) is 23.7 Å². The van der Waals surface area contributed by atoms with E-state index in [1.54, 1.807) is 12.4 Å². The van der Waals surface area contributed by atoms with Crippen LogP contribution in [0, 0.1) is 0 Å². The number of carbonyl (C=O) groups excluding carboxylic acids is 1. The van der Waals surface area contributed by atoms with Gasteiger partial charge in [0.2, 0.25) is 0 Å². The van der Waals surface area contributed by atoms with Crippen molar-refractivity contribution in [3.8, 4) is 0 Å². The summed E-state index contributed by atoms with van der Waals surface area (Å²) in [7, 11) is 0. The van der Waals surface area contributed by atoms with Gasteiger partial charge in [0.25, 0.3) is 0 Å². The van der Waals surface area contributed by atoms with Crippen LogP contribution in [0.2, 0.25) is 0 Å². The maximum atomic E-state index is 11.0. The summed E-state index contributed by atoms with van der Waals surface area (Å²) in [6, 6.07) is 15.1. The lowest BCUT2D eigenvalue weighted by Gasteiger charge is -1.93. The Morgan fingerprint density at radius 2 is 1.56 bits per heavy atom. The molecule has 16 heavy (non-hydrogen) atoms. The van der Waals surface area contributed by atoms with Gasteiger partial charge in [-0.05, 0) is 12.1 Å². The number of ketones is 1. The number of benzene rings is 1. The Balaban J connectivity index is 0.000000181. The van der Waals surface area contributed by atoms with E-state index >= 15 is 0 Å². The fourth-order valence-electron chi connectivity index (χ4n) is 1.14. The van der Waals surface area contributed by atoms with Crippen molar-refractivity contribution in [2.45, 2.75) is 13.3 Å². The van der Waals surface area contributed by atoms with Crippen molar-refractivity contribution >= 4 is 5.78 Å². The van der Waals surface area contributed by atoms with Gasteiger partial charge in [-0.25, -0.2) is 0 Å². The van der Waals surface area contributed by atoms with Gasteiger partial charge >= 0.3 is 0 Å². The second kappa shape index (κ2) is 7.35. The second-order valence-corrected chi connectivity index (χ2v) is 3.17.